The van der Waals surface area contributed by atoms with E-state index in [0.29, 0.717) is 11.1 Å². The fourth-order valence-electron chi connectivity index (χ4n) is 8.16. The van der Waals surface area contributed by atoms with Crippen LogP contribution in [0.15, 0.2) is 140 Å². The first-order valence-electron chi connectivity index (χ1n) is 16.4. The van der Waals surface area contributed by atoms with Crippen molar-refractivity contribution >= 4 is 60.7 Å². The number of benzene rings is 6. The summed E-state index contributed by atoms with van der Waals surface area (Å²) in [5.74, 6) is 0.194. The number of hydrogen-bond donors (Lipinski definition) is 0. The van der Waals surface area contributed by atoms with Crippen molar-refractivity contribution in [2.45, 2.75) is 12.0 Å². The molecule has 2 atom stereocenters. The van der Waals surface area contributed by atoms with Crippen LogP contribution in [-0.4, -0.2) is 10.6 Å². The Bertz CT molecular complexity index is 2770. The molecule has 10 rings (SSSR count). The average molecular weight is 643 g/mol. The topological polar surface area (TPSA) is 55.8 Å². The van der Waals surface area contributed by atoms with Crippen LogP contribution in [0.1, 0.15) is 33.0 Å². The number of thiophene rings is 1. The second-order valence-electron chi connectivity index (χ2n) is 12.7. The fourth-order valence-corrected chi connectivity index (χ4v) is 9.52. The van der Waals surface area contributed by atoms with Crippen LogP contribution in [0.25, 0.3) is 54.8 Å². The van der Waals surface area contributed by atoms with Gasteiger partial charge in [-0.3, -0.25) is 0 Å². The van der Waals surface area contributed by atoms with E-state index in [1.54, 1.807) is 0 Å². The summed E-state index contributed by atoms with van der Waals surface area (Å²) < 4.78 is 3.56. The summed E-state index contributed by atoms with van der Waals surface area (Å²) >= 11 is 1.90. The van der Waals surface area contributed by atoms with Crippen LogP contribution >= 0.6 is 11.3 Å². The van der Waals surface area contributed by atoms with E-state index < -0.39 is 0 Å². The summed E-state index contributed by atoms with van der Waals surface area (Å²) in [7, 11) is 0. The third kappa shape index (κ3) is 3.94. The molecule has 1 aliphatic heterocycles. The fraction of sp³-hybridized carbons (Fsp3) is 0.0455. The minimum atomic E-state index is 0.130. The van der Waals surface area contributed by atoms with E-state index in [0.717, 1.165) is 50.0 Å². The van der Waals surface area contributed by atoms with Crippen molar-refractivity contribution in [3.05, 3.63) is 167 Å². The molecule has 0 N–H and O–H groups in total. The number of nitrogens with zero attached hydrogens (tertiary/aromatic N) is 4. The van der Waals surface area contributed by atoms with Gasteiger partial charge in [0.15, 0.2) is 0 Å². The molecule has 2 aromatic heterocycles. The quantitative estimate of drug-likeness (QED) is 0.193. The van der Waals surface area contributed by atoms with Gasteiger partial charge in [0, 0.05) is 43.2 Å². The van der Waals surface area contributed by atoms with Gasteiger partial charge in [-0.15, -0.1) is 11.3 Å². The van der Waals surface area contributed by atoms with Crippen LogP contribution in [0.2, 0.25) is 0 Å². The van der Waals surface area contributed by atoms with Gasteiger partial charge in [0.1, 0.15) is 0 Å². The maximum absolute atomic E-state index is 10.6. The van der Waals surface area contributed by atoms with Crippen molar-refractivity contribution in [3.8, 4) is 29.0 Å². The Morgan fingerprint density at radius 3 is 2.29 bits per heavy atom. The van der Waals surface area contributed by atoms with Gasteiger partial charge < -0.3 is 9.47 Å². The van der Waals surface area contributed by atoms with Crippen molar-refractivity contribution in [1.29, 1.82) is 10.5 Å². The van der Waals surface area contributed by atoms with E-state index in [4.69, 9.17) is 0 Å². The molecule has 0 spiro atoms. The minimum absolute atomic E-state index is 0.130. The molecule has 0 saturated carbocycles. The smallest absolute Gasteiger partial charge is 0.0998 e. The standard InChI is InChI=1S/C44H26N4S/c45-25-27-17-21-37-35(23-27)31-12-4-6-14-36(31)48(37)38-15-8-9-29(26-46)42(38)28-18-19-34-40(24-28)47(30-10-2-1-3-11-30)39-22-20-33-32-13-5-7-16-41(32)49-44(33)43(34)39/h1-24,39,43H. The van der Waals surface area contributed by atoms with Gasteiger partial charge in [-0.25, -0.2) is 0 Å². The minimum Gasteiger partial charge on any atom is -0.333 e. The number of aromatic nitrogens is 1. The number of nitriles is 2. The highest BCUT2D eigenvalue weighted by Crippen LogP contribution is 2.55. The lowest BCUT2D eigenvalue weighted by Crippen LogP contribution is -2.29. The van der Waals surface area contributed by atoms with Crippen molar-refractivity contribution in [2.75, 3.05) is 4.90 Å². The lowest BCUT2D eigenvalue weighted by molar-refractivity contribution is 0.737. The van der Waals surface area contributed by atoms with E-state index in [1.807, 2.05) is 53.8 Å². The lowest BCUT2D eigenvalue weighted by atomic mass is 9.85. The number of para-hydroxylation sites is 2. The average Bonchev–Trinajstić information content (AvgIpc) is 3.81. The van der Waals surface area contributed by atoms with E-state index in [1.165, 1.54) is 26.1 Å². The molecule has 8 aromatic rings. The zero-order valence-electron chi connectivity index (χ0n) is 26.2. The molecular formula is C44H26N4S. The van der Waals surface area contributed by atoms with Crippen LogP contribution < -0.4 is 4.90 Å². The Kier molecular flexibility index (Phi) is 5.96. The molecule has 6 aromatic carbocycles. The Hall–Kier alpha value is -6.40. The molecule has 2 unspecified atom stereocenters. The molecular weight excluding hydrogens is 617 g/mol. The number of rotatable bonds is 3. The molecule has 0 amide bonds. The van der Waals surface area contributed by atoms with E-state index in [-0.39, 0.29) is 12.0 Å². The molecule has 5 heteroatoms. The highest BCUT2D eigenvalue weighted by atomic mass is 32.1. The zero-order chi connectivity index (χ0) is 32.6. The van der Waals surface area contributed by atoms with Crippen LogP contribution in [0.4, 0.5) is 11.4 Å². The summed E-state index contributed by atoms with van der Waals surface area (Å²) in [5, 5.41) is 23.7. The number of anilines is 2. The van der Waals surface area contributed by atoms with Crippen LogP contribution in [0.3, 0.4) is 0 Å². The largest absolute Gasteiger partial charge is 0.333 e. The first-order chi connectivity index (χ1) is 24.2. The molecule has 0 radical (unpaired) electrons. The normalized spacial score (nSPS) is 16.0. The molecule has 49 heavy (non-hydrogen) atoms. The van der Waals surface area contributed by atoms with Crippen LogP contribution in [-0.2, 0) is 0 Å². The molecule has 0 bridgehead atoms. The summed E-state index contributed by atoms with van der Waals surface area (Å²) in [4.78, 5) is 3.88. The SMILES string of the molecule is N#Cc1ccc2c(c1)c1ccccc1n2-c1cccc(C#N)c1-c1ccc2c(c1)N(c1ccccc1)C1C=Cc3c(sc4ccccc34)C21. The van der Waals surface area contributed by atoms with Crippen molar-refractivity contribution in [1.82, 2.24) is 4.57 Å². The predicted molar refractivity (Wildman–Crippen MR) is 201 cm³/mol. The highest BCUT2D eigenvalue weighted by molar-refractivity contribution is 7.19. The molecule has 1 aliphatic carbocycles. The van der Waals surface area contributed by atoms with Gasteiger partial charge in [-0.1, -0.05) is 84.9 Å². The molecule has 3 heterocycles. The maximum atomic E-state index is 10.6. The van der Waals surface area contributed by atoms with Gasteiger partial charge >= 0.3 is 0 Å². The van der Waals surface area contributed by atoms with Crippen LogP contribution in [0.5, 0.6) is 0 Å². The van der Waals surface area contributed by atoms with Crippen molar-refractivity contribution < 1.29 is 0 Å². The first-order valence-corrected chi connectivity index (χ1v) is 17.2. The first kappa shape index (κ1) is 27.7. The molecule has 228 valence electrons. The predicted octanol–water partition coefficient (Wildman–Crippen LogP) is 11.1. The van der Waals surface area contributed by atoms with Gasteiger partial charge in [0.05, 0.1) is 46.0 Å². The summed E-state index contributed by atoms with van der Waals surface area (Å²) in [6, 6.07) is 51.3. The van der Waals surface area contributed by atoms with Gasteiger partial charge in [0.25, 0.3) is 0 Å². The van der Waals surface area contributed by atoms with E-state index in [9.17, 15) is 10.5 Å². The third-order valence-electron chi connectivity index (χ3n) is 10.2. The Morgan fingerprint density at radius 2 is 1.43 bits per heavy atom. The summed E-state index contributed by atoms with van der Waals surface area (Å²) in [5.41, 5.74) is 11.0. The van der Waals surface area contributed by atoms with Crippen molar-refractivity contribution in [3.63, 3.8) is 0 Å². The second kappa shape index (κ2) is 10.6. The summed E-state index contributed by atoms with van der Waals surface area (Å²) in [6.07, 6.45) is 4.70. The third-order valence-corrected chi connectivity index (χ3v) is 11.5. The van der Waals surface area contributed by atoms with Gasteiger partial charge in [-0.05, 0) is 82.7 Å². The molecule has 2 aliphatic rings. The number of hydrogen-bond acceptors (Lipinski definition) is 4. The van der Waals surface area contributed by atoms with E-state index >= 15 is 0 Å². The molecule has 0 fully saturated rings. The van der Waals surface area contributed by atoms with Gasteiger partial charge in [0.2, 0.25) is 0 Å². The molecule has 4 nitrogen and oxygen atoms in total. The lowest BCUT2D eigenvalue weighted by Gasteiger charge is -2.30. The summed E-state index contributed by atoms with van der Waals surface area (Å²) in [6.45, 7) is 0. The van der Waals surface area contributed by atoms with E-state index in [2.05, 4.69) is 125 Å². The Labute approximate surface area is 287 Å². The molecule has 0 saturated heterocycles. The Morgan fingerprint density at radius 1 is 0.633 bits per heavy atom. The van der Waals surface area contributed by atoms with Crippen LogP contribution in [0, 0.1) is 22.7 Å². The Balaban J connectivity index is 1.23. The van der Waals surface area contributed by atoms with Gasteiger partial charge in [-0.2, -0.15) is 10.5 Å². The van der Waals surface area contributed by atoms with Crippen molar-refractivity contribution in [2.24, 2.45) is 0 Å². The highest BCUT2D eigenvalue weighted by Gasteiger charge is 2.42. The zero-order valence-corrected chi connectivity index (χ0v) is 27.0. The number of fused-ring (bicyclic) bond motifs is 10. The maximum Gasteiger partial charge on any atom is 0.0998 e. The second-order valence-corrected chi connectivity index (χ2v) is 13.8. The monoisotopic (exact) mass is 642 g/mol.